The fourth-order valence-corrected chi connectivity index (χ4v) is 2.80. The minimum atomic E-state index is -0.509. The van der Waals surface area contributed by atoms with E-state index in [-0.39, 0.29) is 25.0 Å². The summed E-state index contributed by atoms with van der Waals surface area (Å²) in [4.78, 5) is 13.6. The van der Waals surface area contributed by atoms with Crippen molar-refractivity contribution >= 4 is 18.4 Å². The Bertz CT molecular complexity index is 480. The van der Waals surface area contributed by atoms with Gasteiger partial charge in [-0.15, -0.1) is 12.4 Å². The summed E-state index contributed by atoms with van der Waals surface area (Å²) in [5.74, 6) is 0.970. The first-order chi connectivity index (χ1) is 10.6. The molecule has 1 saturated heterocycles. The lowest BCUT2D eigenvalue weighted by Crippen LogP contribution is -2.41. The van der Waals surface area contributed by atoms with Gasteiger partial charge in [-0.3, -0.25) is 0 Å². The molecular formula is C17H26ClNO4. The van der Waals surface area contributed by atoms with Gasteiger partial charge in [0.2, 0.25) is 0 Å². The fraction of sp³-hybridized carbons (Fsp3) is 0.588. The minimum Gasteiger partial charge on any atom is -0.491 e. The second-order valence-electron chi connectivity index (χ2n) is 5.99. The van der Waals surface area contributed by atoms with Crippen LogP contribution in [0, 0.1) is 5.92 Å². The average molecular weight is 344 g/mol. The molecule has 1 aliphatic rings. The number of aliphatic hydroxyl groups is 1. The second kappa shape index (κ2) is 9.75. The molecule has 0 saturated carbocycles. The summed E-state index contributed by atoms with van der Waals surface area (Å²) in [5.41, 5.74) is 0.484. The number of benzene rings is 1. The summed E-state index contributed by atoms with van der Waals surface area (Å²) < 4.78 is 10.2. The van der Waals surface area contributed by atoms with Crippen LogP contribution in [0.3, 0.4) is 0 Å². The zero-order valence-electron chi connectivity index (χ0n) is 13.7. The first kappa shape index (κ1) is 19.7. The van der Waals surface area contributed by atoms with Gasteiger partial charge in [0, 0.05) is 13.1 Å². The number of hydrogen-bond donors (Lipinski definition) is 1. The topological polar surface area (TPSA) is 59.0 Å². The molecule has 2 unspecified atom stereocenters. The van der Waals surface area contributed by atoms with E-state index in [9.17, 15) is 9.90 Å². The van der Waals surface area contributed by atoms with Gasteiger partial charge in [0.15, 0.2) is 0 Å². The van der Waals surface area contributed by atoms with E-state index in [1.807, 2.05) is 0 Å². The number of esters is 1. The molecule has 5 nitrogen and oxygen atoms in total. The Labute approximate surface area is 144 Å². The van der Waals surface area contributed by atoms with E-state index in [4.69, 9.17) is 4.74 Å². The molecule has 0 amide bonds. The normalized spacial score (nSPS) is 19.5. The number of methoxy groups -OCH3 is 1. The van der Waals surface area contributed by atoms with Crippen molar-refractivity contribution in [3.05, 3.63) is 29.8 Å². The monoisotopic (exact) mass is 343 g/mol. The molecule has 1 aromatic rings. The van der Waals surface area contributed by atoms with E-state index in [1.54, 1.807) is 24.3 Å². The van der Waals surface area contributed by atoms with Crippen LogP contribution in [0.15, 0.2) is 24.3 Å². The highest BCUT2D eigenvalue weighted by Crippen LogP contribution is 2.16. The van der Waals surface area contributed by atoms with Crippen LogP contribution in [0.2, 0.25) is 0 Å². The predicted octanol–water partition coefficient (Wildman–Crippen LogP) is 2.37. The van der Waals surface area contributed by atoms with Crippen LogP contribution in [0.1, 0.15) is 30.1 Å². The van der Waals surface area contributed by atoms with Crippen molar-refractivity contribution in [3.8, 4) is 5.75 Å². The number of piperidine rings is 1. The lowest BCUT2D eigenvalue weighted by atomic mass is 10.0. The Kier molecular flexibility index (Phi) is 8.37. The summed E-state index contributed by atoms with van der Waals surface area (Å²) in [5, 5.41) is 10.1. The highest BCUT2D eigenvalue weighted by Gasteiger charge is 2.19. The molecule has 0 aliphatic carbocycles. The number of β-amino-alcohol motifs (C(OH)–C–C–N with tert-alkyl or cyclic N) is 1. The molecule has 130 valence electrons. The molecule has 1 aliphatic heterocycles. The number of carbonyl (C=O) groups is 1. The molecule has 0 aromatic heterocycles. The summed E-state index contributed by atoms with van der Waals surface area (Å²) in [6.07, 6.45) is 1.96. The first-order valence-corrected chi connectivity index (χ1v) is 7.80. The molecule has 2 rings (SSSR count). The predicted molar refractivity (Wildman–Crippen MR) is 91.4 cm³/mol. The largest absolute Gasteiger partial charge is 0.491 e. The molecule has 1 heterocycles. The third-order valence-corrected chi connectivity index (χ3v) is 3.93. The number of aliphatic hydroxyl groups excluding tert-OH is 1. The maximum absolute atomic E-state index is 11.3. The van der Waals surface area contributed by atoms with Crippen molar-refractivity contribution in [1.82, 2.24) is 4.90 Å². The Morgan fingerprint density at radius 2 is 2.09 bits per heavy atom. The molecule has 2 atom stereocenters. The van der Waals surface area contributed by atoms with Crippen molar-refractivity contribution < 1.29 is 19.4 Å². The van der Waals surface area contributed by atoms with Crippen LogP contribution >= 0.6 is 12.4 Å². The van der Waals surface area contributed by atoms with Crippen LogP contribution in [-0.4, -0.2) is 55.4 Å². The van der Waals surface area contributed by atoms with Crippen molar-refractivity contribution in [1.29, 1.82) is 0 Å². The zero-order chi connectivity index (χ0) is 15.9. The number of rotatable bonds is 6. The average Bonchev–Trinajstić information content (AvgIpc) is 2.52. The maximum Gasteiger partial charge on any atom is 0.337 e. The number of hydrogen-bond acceptors (Lipinski definition) is 5. The van der Waals surface area contributed by atoms with Gasteiger partial charge in [-0.25, -0.2) is 4.79 Å². The molecule has 23 heavy (non-hydrogen) atoms. The van der Waals surface area contributed by atoms with Crippen molar-refractivity contribution in [3.63, 3.8) is 0 Å². The Balaban J connectivity index is 0.00000264. The lowest BCUT2D eigenvalue weighted by molar-refractivity contribution is 0.0536. The van der Waals surface area contributed by atoms with Gasteiger partial charge in [-0.2, -0.15) is 0 Å². The maximum atomic E-state index is 11.3. The Morgan fingerprint density at radius 3 is 2.70 bits per heavy atom. The van der Waals surface area contributed by atoms with E-state index >= 15 is 0 Å². The highest BCUT2D eigenvalue weighted by molar-refractivity contribution is 5.89. The number of likely N-dealkylation sites (tertiary alicyclic amines) is 1. The van der Waals surface area contributed by atoms with E-state index in [2.05, 4.69) is 16.6 Å². The van der Waals surface area contributed by atoms with Crippen LogP contribution in [-0.2, 0) is 4.74 Å². The van der Waals surface area contributed by atoms with Gasteiger partial charge in [0.25, 0.3) is 0 Å². The molecule has 0 spiro atoms. The number of ether oxygens (including phenoxy) is 2. The van der Waals surface area contributed by atoms with E-state index in [0.29, 0.717) is 23.8 Å². The SMILES string of the molecule is COC(=O)c1ccc(OCC(O)CN2CCCC(C)C2)cc1.Cl. The number of carbonyl (C=O) groups excluding carboxylic acids is 1. The fourth-order valence-electron chi connectivity index (χ4n) is 2.80. The molecule has 1 fully saturated rings. The zero-order valence-corrected chi connectivity index (χ0v) is 14.6. The highest BCUT2D eigenvalue weighted by atomic mass is 35.5. The molecule has 1 aromatic carbocycles. The van der Waals surface area contributed by atoms with E-state index < -0.39 is 6.10 Å². The van der Waals surface area contributed by atoms with E-state index in [1.165, 1.54) is 20.0 Å². The van der Waals surface area contributed by atoms with Gasteiger partial charge in [-0.1, -0.05) is 6.92 Å². The van der Waals surface area contributed by atoms with Crippen LogP contribution in [0.4, 0.5) is 0 Å². The van der Waals surface area contributed by atoms with Gasteiger partial charge in [0.1, 0.15) is 18.5 Å². The smallest absolute Gasteiger partial charge is 0.337 e. The third-order valence-electron chi connectivity index (χ3n) is 3.93. The lowest BCUT2D eigenvalue weighted by Gasteiger charge is -2.32. The molecule has 0 bridgehead atoms. The number of halogens is 1. The number of nitrogens with zero attached hydrogens (tertiary/aromatic N) is 1. The Morgan fingerprint density at radius 1 is 1.39 bits per heavy atom. The first-order valence-electron chi connectivity index (χ1n) is 7.80. The Hall–Kier alpha value is -1.30. The summed E-state index contributed by atoms with van der Waals surface area (Å²) in [6, 6.07) is 6.73. The minimum absolute atomic E-state index is 0. The summed E-state index contributed by atoms with van der Waals surface area (Å²) >= 11 is 0. The van der Waals surface area contributed by atoms with Crippen LogP contribution in [0.5, 0.6) is 5.75 Å². The standard InChI is InChI=1S/C17H25NO4.ClH/c1-13-4-3-9-18(10-13)11-15(19)12-22-16-7-5-14(6-8-16)17(20)21-2;/h5-8,13,15,19H,3-4,9-12H2,1-2H3;1H. The van der Waals surface area contributed by atoms with Crippen molar-refractivity contribution in [2.45, 2.75) is 25.9 Å². The van der Waals surface area contributed by atoms with Gasteiger partial charge in [0.05, 0.1) is 12.7 Å². The summed E-state index contributed by atoms with van der Waals surface area (Å²) in [7, 11) is 1.35. The third kappa shape index (κ3) is 6.37. The van der Waals surface area contributed by atoms with Gasteiger partial charge < -0.3 is 19.5 Å². The van der Waals surface area contributed by atoms with Crippen molar-refractivity contribution in [2.75, 3.05) is 33.4 Å². The van der Waals surface area contributed by atoms with Crippen LogP contribution < -0.4 is 4.74 Å². The van der Waals surface area contributed by atoms with E-state index in [0.717, 1.165) is 13.1 Å². The van der Waals surface area contributed by atoms with Gasteiger partial charge >= 0.3 is 5.97 Å². The molecule has 1 N–H and O–H groups in total. The van der Waals surface area contributed by atoms with Crippen molar-refractivity contribution in [2.24, 2.45) is 5.92 Å². The molecular weight excluding hydrogens is 318 g/mol. The quantitative estimate of drug-likeness (QED) is 0.803. The second-order valence-corrected chi connectivity index (χ2v) is 5.99. The summed E-state index contributed by atoms with van der Waals surface area (Å²) in [6.45, 7) is 5.24. The molecule has 6 heteroatoms. The van der Waals surface area contributed by atoms with Gasteiger partial charge in [-0.05, 0) is 49.6 Å². The molecule has 0 radical (unpaired) electrons. The van der Waals surface area contributed by atoms with Crippen LogP contribution in [0.25, 0.3) is 0 Å².